The van der Waals surface area contributed by atoms with Crippen LogP contribution in [0.1, 0.15) is 93.6 Å². The molecular formula is C53H66F18O24S8. The number of fused-ring (bicyclic) bond motifs is 4. The van der Waals surface area contributed by atoms with Gasteiger partial charge in [0, 0.05) is 36.8 Å². The number of sulfone groups is 8. The molecule has 24 nitrogen and oxygen atoms in total. The van der Waals surface area contributed by atoms with Crippen molar-refractivity contribution in [3.05, 3.63) is 80.4 Å². The van der Waals surface area contributed by atoms with Gasteiger partial charge in [-0.05, 0) is 130 Å². The normalized spacial score (nSPS) is 22.0. The van der Waals surface area contributed by atoms with E-state index in [0.29, 0.717) is 60.9 Å². The molecule has 103 heavy (non-hydrogen) atoms. The molecule has 0 aliphatic heterocycles. The molecule has 596 valence electrons. The smallest absolute Gasteiger partial charge is 0.466 e. The lowest BCUT2D eigenvalue weighted by molar-refractivity contribution is -0.145. The van der Waals surface area contributed by atoms with E-state index in [9.17, 15) is 166 Å². The molecule has 1 aromatic carbocycles. The van der Waals surface area contributed by atoms with E-state index in [0.717, 1.165) is 43.6 Å². The van der Waals surface area contributed by atoms with Crippen molar-refractivity contribution in [1.29, 1.82) is 0 Å². The minimum absolute atomic E-state index is 0.218. The fourth-order valence-electron chi connectivity index (χ4n) is 11.5. The van der Waals surface area contributed by atoms with Crippen LogP contribution < -0.4 is 4.74 Å². The molecule has 6 unspecified atom stereocenters. The summed E-state index contributed by atoms with van der Waals surface area (Å²) in [5.41, 5.74) is -38.4. The average molecular weight is 1690 g/mol. The number of methoxy groups -OCH3 is 2. The van der Waals surface area contributed by atoms with Gasteiger partial charge >= 0.3 is 56.9 Å². The van der Waals surface area contributed by atoms with Crippen molar-refractivity contribution >= 4 is 103 Å². The van der Waals surface area contributed by atoms with Crippen molar-refractivity contribution in [2.45, 2.75) is 141 Å². The average Bonchev–Trinajstić information content (AvgIpc) is 1.63. The van der Waals surface area contributed by atoms with Crippen molar-refractivity contribution in [2.75, 3.05) is 26.7 Å². The van der Waals surface area contributed by atoms with Gasteiger partial charge in [0.15, 0.2) is 33.4 Å². The van der Waals surface area contributed by atoms with Gasteiger partial charge in [0.2, 0.25) is 4.58 Å². The van der Waals surface area contributed by atoms with Gasteiger partial charge in [0.25, 0.3) is 59.0 Å². The Balaban J connectivity index is 0.000000655. The topological polar surface area (TPSA) is 378 Å². The Morgan fingerprint density at radius 2 is 0.757 bits per heavy atom. The number of halogens is 18. The highest BCUT2D eigenvalue weighted by Gasteiger charge is 2.69. The number of hydrogen-bond acceptors (Lipinski definition) is 24. The molecule has 0 radical (unpaired) electrons. The van der Waals surface area contributed by atoms with Crippen molar-refractivity contribution in [1.82, 2.24) is 0 Å². The van der Waals surface area contributed by atoms with Gasteiger partial charge in [-0.3, -0.25) is 0 Å². The van der Waals surface area contributed by atoms with Crippen LogP contribution >= 0.6 is 0 Å². The van der Waals surface area contributed by atoms with Crippen LogP contribution in [0.5, 0.6) is 5.75 Å². The third-order valence-corrected chi connectivity index (χ3v) is 34.4. The van der Waals surface area contributed by atoms with E-state index < -0.39 is 202 Å². The third-order valence-electron chi connectivity index (χ3n) is 16.0. The lowest BCUT2D eigenvalue weighted by Gasteiger charge is -2.33. The monoisotopic (exact) mass is 1680 g/mol. The van der Waals surface area contributed by atoms with Gasteiger partial charge in [-0.2, -0.15) is 79.0 Å². The van der Waals surface area contributed by atoms with Crippen molar-refractivity contribution in [3.8, 4) is 5.75 Å². The van der Waals surface area contributed by atoms with Gasteiger partial charge in [0.1, 0.15) is 11.9 Å². The number of esters is 4. The Kier molecular flexibility index (Phi) is 32.8. The standard InChI is InChI=1S/C12H14F6O6S2.C12H8F6O6S2.C11H20O4S2.C10H12F6O4S2.2C4H6O2/c2*1-2-9(19)24-8-5-3-7(4-6-8)10(25(20,21)11(13,14)15)26(22,23)12(16,17)18;1-16(12,13)11(17(2,14)15)7-10-6-8-3-4-9(10)5-8;11-9(12,13)21(17,18)8(22(19,20)10(14,15)16)7-4-5-1-2-6(7)3-5;2*1-3-4(5)6-2/h2,7-8,10H,1,3-6H2;2-6,10H,1H2;8-11H,3-7H2,1-2H3;5-8H,1-4H2;2*3H,1H2,2H3. The van der Waals surface area contributed by atoms with Gasteiger partial charge < -0.3 is 18.9 Å². The van der Waals surface area contributed by atoms with Crippen molar-refractivity contribution in [3.63, 3.8) is 0 Å². The Bertz CT molecular complexity index is 3960. The number of benzene rings is 1. The van der Waals surface area contributed by atoms with E-state index in [1.54, 1.807) is 0 Å². The zero-order valence-corrected chi connectivity index (χ0v) is 60.0. The molecular weight excluding hydrogens is 1620 g/mol. The molecule has 5 saturated carbocycles. The summed E-state index contributed by atoms with van der Waals surface area (Å²) in [6, 6.07) is 1.95. The van der Waals surface area contributed by atoms with Crippen molar-refractivity contribution in [2.24, 2.45) is 41.4 Å². The van der Waals surface area contributed by atoms with Crippen LogP contribution in [0.4, 0.5) is 79.0 Å². The Labute approximate surface area is 579 Å². The second-order valence-corrected chi connectivity index (χ2v) is 40.9. The zero-order chi connectivity index (χ0) is 81.1. The summed E-state index contributed by atoms with van der Waals surface area (Å²) in [4.78, 5) is 41.7. The molecule has 6 atom stereocenters. The quantitative estimate of drug-likeness (QED) is 0.0408. The molecule has 1 aromatic rings. The highest BCUT2D eigenvalue weighted by Crippen LogP contribution is 2.55. The summed E-state index contributed by atoms with van der Waals surface area (Å²) in [5.74, 6) is -6.11. The second kappa shape index (κ2) is 35.4. The fourth-order valence-corrected chi connectivity index (χ4v) is 26.9. The highest BCUT2D eigenvalue weighted by molar-refractivity contribution is 8.11. The lowest BCUT2D eigenvalue weighted by Crippen LogP contribution is -2.50. The molecule has 0 amide bonds. The zero-order valence-electron chi connectivity index (χ0n) is 53.4. The van der Waals surface area contributed by atoms with Crippen LogP contribution in [0.2, 0.25) is 0 Å². The van der Waals surface area contributed by atoms with Gasteiger partial charge in [-0.25, -0.2) is 86.5 Å². The van der Waals surface area contributed by atoms with Gasteiger partial charge in [-0.1, -0.05) is 51.3 Å². The summed E-state index contributed by atoms with van der Waals surface area (Å²) in [7, 11) is -44.3. The molecule has 50 heteroatoms. The van der Waals surface area contributed by atoms with E-state index >= 15 is 0 Å². The molecule has 6 rings (SSSR count). The first-order chi connectivity index (χ1) is 46.1. The van der Waals surface area contributed by atoms with E-state index in [-0.39, 0.29) is 38.0 Å². The largest absolute Gasteiger partial charge is 0.499 e. The first kappa shape index (κ1) is 95.4. The molecule has 5 aliphatic carbocycles. The first-order valence-electron chi connectivity index (χ1n) is 28.5. The minimum atomic E-state index is -6.80. The molecule has 0 spiro atoms. The Hall–Kier alpha value is -5.60. The van der Waals surface area contributed by atoms with Crippen LogP contribution in [0.15, 0.2) is 74.9 Å². The van der Waals surface area contributed by atoms with E-state index in [1.165, 1.54) is 27.1 Å². The van der Waals surface area contributed by atoms with Gasteiger partial charge in [-0.15, -0.1) is 0 Å². The van der Waals surface area contributed by atoms with E-state index in [2.05, 4.69) is 40.5 Å². The highest BCUT2D eigenvalue weighted by atomic mass is 32.3. The van der Waals surface area contributed by atoms with Crippen LogP contribution in [-0.2, 0) is 112 Å². The summed E-state index contributed by atoms with van der Waals surface area (Å²) in [6.07, 6.45) is 8.76. The lowest BCUT2D eigenvalue weighted by atomic mass is 9.87. The van der Waals surface area contributed by atoms with Crippen molar-refractivity contribution < 1.29 is 184 Å². The maximum Gasteiger partial charge on any atom is 0.499 e. The predicted octanol–water partition coefficient (Wildman–Crippen LogP) is 9.65. The number of ether oxygens (including phenoxy) is 4. The minimum Gasteiger partial charge on any atom is -0.466 e. The number of hydrogen-bond donors (Lipinski definition) is 0. The van der Waals surface area contributed by atoms with Crippen LogP contribution in [0.3, 0.4) is 0 Å². The molecule has 5 aliphatic rings. The second-order valence-electron chi connectivity index (χ2n) is 22.9. The van der Waals surface area contributed by atoms with Crippen LogP contribution in [0, 0.1) is 41.4 Å². The molecule has 0 aromatic heterocycles. The molecule has 0 heterocycles. The van der Waals surface area contributed by atoms with Crippen LogP contribution in [-0.4, -0.2) is 171 Å². The molecule has 0 saturated heterocycles. The number of rotatable bonds is 19. The molecule has 5 fully saturated rings. The number of carbonyl (C=O) groups excluding carboxylic acids is 4. The van der Waals surface area contributed by atoms with E-state index in [1.807, 2.05) is 0 Å². The fraction of sp³-hybridized carbons (Fsp3) is 0.660. The Morgan fingerprint density at radius 1 is 0.427 bits per heavy atom. The summed E-state index contributed by atoms with van der Waals surface area (Å²) >= 11 is 0. The summed E-state index contributed by atoms with van der Waals surface area (Å²) in [6.45, 7) is 12.5. The third kappa shape index (κ3) is 24.7. The Morgan fingerprint density at radius 3 is 1.02 bits per heavy atom. The number of alkyl halides is 18. The van der Waals surface area contributed by atoms with Crippen LogP contribution in [0.25, 0.3) is 0 Å². The summed E-state index contributed by atoms with van der Waals surface area (Å²) < 4.78 is 418. The molecule has 0 N–H and O–H groups in total. The van der Waals surface area contributed by atoms with Gasteiger partial charge in [0.05, 0.1) is 14.2 Å². The predicted molar refractivity (Wildman–Crippen MR) is 325 cm³/mol. The molecule has 4 bridgehead atoms. The summed E-state index contributed by atoms with van der Waals surface area (Å²) in [5, 5.41) is 0. The first-order valence-corrected chi connectivity index (χ1v) is 41.7. The number of carbonyl (C=O) groups is 4. The maximum atomic E-state index is 12.8. The van der Waals surface area contributed by atoms with E-state index in [4.69, 9.17) is 4.74 Å². The SMILES string of the molecule is C=CC(=O)OC.C=CC(=O)OC.C=CC(=O)OC1CCC(C(S(=O)(=O)C(F)(F)F)S(=O)(=O)C(F)(F)F)CC1.C=CC(=O)Oc1ccc(C(S(=O)(=O)C(F)(F)F)S(=O)(=O)C(F)(F)F)cc1.CS(=O)(=O)C(CC1CC2CCC1C2)S(C)(=O)=O.O=S(=O)(C(C1CC2CCC1C2)S(=O)(=O)C(F)(F)F)C(F)(F)F. The maximum absolute atomic E-state index is 12.8.